The molecule has 2 fully saturated rings. The molecule has 1 nitrogen and oxygen atoms in total. The van der Waals surface area contributed by atoms with Crippen LogP contribution in [0.4, 0.5) is 0 Å². The van der Waals surface area contributed by atoms with Crippen LogP contribution in [0.2, 0.25) is 0 Å². The second-order valence-corrected chi connectivity index (χ2v) is 6.75. The van der Waals surface area contributed by atoms with Gasteiger partial charge in [0.25, 0.3) is 0 Å². The molecule has 0 bridgehead atoms. The number of hydrogen-bond donors (Lipinski definition) is 1. The summed E-state index contributed by atoms with van der Waals surface area (Å²) in [7, 11) is 0. The maximum Gasteiger partial charge on any atom is 0.0213 e. The predicted octanol–water partition coefficient (Wildman–Crippen LogP) is 3.87. The van der Waals surface area contributed by atoms with Crippen molar-refractivity contribution < 1.29 is 0 Å². The fourth-order valence-electron chi connectivity index (χ4n) is 3.58. The van der Waals surface area contributed by atoms with E-state index in [4.69, 9.17) is 0 Å². The molecule has 0 heterocycles. The van der Waals surface area contributed by atoms with Crippen LogP contribution in [0.15, 0.2) is 28.7 Å². The first kappa shape index (κ1) is 11.7. The Bertz CT molecular complexity index is 415. The van der Waals surface area contributed by atoms with E-state index in [1.807, 2.05) is 0 Å². The van der Waals surface area contributed by atoms with Gasteiger partial charge in [-0.1, -0.05) is 41.1 Å². The van der Waals surface area contributed by atoms with Gasteiger partial charge in [-0.2, -0.15) is 0 Å². The number of benzene rings is 1. The van der Waals surface area contributed by atoms with Gasteiger partial charge in [0.15, 0.2) is 0 Å². The van der Waals surface area contributed by atoms with Crippen LogP contribution in [-0.4, -0.2) is 13.1 Å². The molecule has 0 aliphatic heterocycles. The zero-order valence-corrected chi connectivity index (χ0v) is 12.0. The summed E-state index contributed by atoms with van der Waals surface area (Å²) in [4.78, 5) is 0. The van der Waals surface area contributed by atoms with Crippen LogP contribution in [0.5, 0.6) is 0 Å². The van der Waals surface area contributed by atoms with Crippen LogP contribution in [0.25, 0.3) is 0 Å². The Balaban J connectivity index is 1.86. The molecule has 1 aromatic carbocycles. The summed E-state index contributed by atoms with van der Waals surface area (Å²) in [5, 5.41) is 3.56. The zero-order valence-electron chi connectivity index (χ0n) is 10.4. The van der Waals surface area contributed by atoms with Crippen LogP contribution in [0, 0.1) is 5.41 Å². The first-order valence-corrected chi connectivity index (χ1v) is 7.45. The van der Waals surface area contributed by atoms with Crippen molar-refractivity contribution in [1.82, 2.24) is 5.32 Å². The Morgan fingerprint density at radius 1 is 1.24 bits per heavy atom. The van der Waals surface area contributed by atoms with Crippen molar-refractivity contribution in [2.24, 2.45) is 5.41 Å². The van der Waals surface area contributed by atoms with E-state index in [1.54, 1.807) is 0 Å². The van der Waals surface area contributed by atoms with Gasteiger partial charge in [-0.25, -0.2) is 0 Å². The molecule has 3 rings (SSSR count). The van der Waals surface area contributed by atoms with Gasteiger partial charge < -0.3 is 5.32 Å². The van der Waals surface area contributed by atoms with Gasteiger partial charge in [0.2, 0.25) is 0 Å². The maximum atomic E-state index is 3.73. The van der Waals surface area contributed by atoms with Gasteiger partial charge >= 0.3 is 0 Å². The molecule has 1 spiro atoms. The van der Waals surface area contributed by atoms with Gasteiger partial charge in [0.05, 0.1) is 0 Å². The van der Waals surface area contributed by atoms with Crippen molar-refractivity contribution in [1.29, 1.82) is 0 Å². The molecule has 92 valence electrons. The van der Waals surface area contributed by atoms with E-state index in [-0.39, 0.29) is 0 Å². The first-order chi connectivity index (χ1) is 8.20. The third-order valence-corrected chi connectivity index (χ3v) is 5.23. The maximum absolute atomic E-state index is 3.73. The normalized spacial score (nSPS) is 23.4. The molecule has 0 atom stereocenters. The molecule has 2 aliphatic carbocycles. The van der Waals surface area contributed by atoms with E-state index in [1.165, 1.54) is 35.7 Å². The molecule has 1 aromatic rings. The summed E-state index contributed by atoms with van der Waals surface area (Å²) in [6.45, 7) is 4.40. The summed E-state index contributed by atoms with van der Waals surface area (Å²) in [5.41, 5.74) is 2.65. The Morgan fingerprint density at radius 3 is 2.53 bits per heavy atom. The lowest BCUT2D eigenvalue weighted by molar-refractivity contribution is 0.116. The molecule has 0 aromatic heterocycles. The summed E-state index contributed by atoms with van der Waals surface area (Å²) >= 11 is 3.73. The summed E-state index contributed by atoms with van der Waals surface area (Å²) in [5.74, 6) is 0. The van der Waals surface area contributed by atoms with Crippen LogP contribution < -0.4 is 5.32 Å². The molecule has 0 unspecified atom stereocenters. The average molecular weight is 294 g/mol. The Morgan fingerprint density at radius 2 is 1.94 bits per heavy atom. The number of nitrogens with one attached hydrogen (secondary N) is 1. The van der Waals surface area contributed by atoms with E-state index >= 15 is 0 Å². The molecule has 0 amide bonds. The highest BCUT2D eigenvalue weighted by molar-refractivity contribution is 9.10. The number of rotatable bonds is 4. The van der Waals surface area contributed by atoms with E-state index in [2.05, 4.69) is 52.4 Å². The molecular weight excluding hydrogens is 274 g/mol. The quantitative estimate of drug-likeness (QED) is 0.889. The van der Waals surface area contributed by atoms with Crippen LogP contribution in [0.3, 0.4) is 0 Å². The standard InChI is InChI=1S/C15H20BrN/c1-2-17-11-15(9-14(10-15)7-8-14)12-5-3-4-6-13(12)16/h3-6,17H,2,7-11H2,1H3. The van der Waals surface area contributed by atoms with E-state index < -0.39 is 0 Å². The third kappa shape index (κ3) is 1.96. The Labute approximate surface area is 112 Å². The van der Waals surface area contributed by atoms with Gasteiger partial charge in [-0.15, -0.1) is 0 Å². The molecular formula is C15H20BrN. The Kier molecular flexibility index (Phi) is 2.83. The number of hydrogen-bond acceptors (Lipinski definition) is 1. The molecule has 0 saturated heterocycles. The lowest BCUT2D eigenvalue weighted by atomic mass is 9.56. The van der Waals surface area contributed by atoms with Crippen molar-refractivity contribution >= 4 is 15.9 Å². The van der Waals surface area contributed by atoms with E-state index in [0.29, 0.717) is 5.41 Å². The molecule has 2 heteroatoms. The molecule has 2 aliphatic rings. The van der Waals surface area contributed by atoms with Crippen LogP contribution in [0.1, 0.15) is 38.2 Å². The van der Waals surface area contributed by atoms with Crippen molar-refractivity contribution in [3.63, 3.8) is 0 Å². The van der Waals surface area contributed by atoms with Crippen molar-refractivity contribution in [3.8, 4) is 0 Å². The Hall–Kier alpha value is -0.340. The largest absolute Gasteiger partial charge is 0.316 e. The highest BCUT2D eigenvalue weighted by Crippen LogP contribution is 2.69. The second kappa shape index (κ2) is 4.10. The monoisotopic (exact) mass is 293 g/mol. The topological polar surface area (TPSA) is 12.0 Å². The second-order valence-electron chi connectivity index (χ2n) is 5.89. The minimum Gasteiger partial charge on any atom is -0.316 e. The molecule has 0 radical (unpaired) electrons. The fourth-order valence-corrected chi connectivity index (χ4v) is 4.29. The average Bonchev–Trinajstić information content (AvgIpc) is 3.05. The minimum absolute atomic E-state index is 0.395. The van der Waals surface area contributed by atoms with E-state index in [9.17, 15) is 0 Å². The number of likely N-dealkylation sites (N-methyl/N-ethyl adjacent to an activating group) is 1. The van der Waals surface area contributed by atoms with Crippen molar-refractivity contribution in [2.75, 3.05) is 13.1 Å². The first-order valence-electron chi connectivity index (χ1n) is 6.66. The number of halogens is 1. The van der Waals surface area contributed by atoms with Crippen molar-refractivity contribution in [3.05, 3.63) is 34.3 Å². The highest BCUT2D eigenvalue weighted by atomic mass is 79.9. The third-order valence-electron chi connectivity index (χ3n) is 4.54. The molecule has 17 heavy (non-hydrogen) atoms. The van der Waals surface area contributed by atoms with Gasteiger partial charge in [-0.05, 0) is 49.3 Å². The fraction of sp³-hybridized carbons (Fsp3) is 0.600. The van der Waals surface area contributed by atoms with E-state index in [0.717, 1.165) is 18.5 Å². The van der Waals surface area contributed by atoms with Crippen LogP contribution in [-0.2, 0) is 5.41 Å². The predicted molar refractivity (Wildman–Crippen MR) is 75.3 cm³/mol. The van der Waals surface area contributed by atoms with Gasteiger partial charge in [0, 0.05) is 16.4 Å². The van der Waals surface area contributed by atoms with Crippen LogP contribution >= 0.6 is 15.9 Å². The van der Waals surface area contributed by atoms with Gasteiger partial charge in [-0.3, -0.25) is 0 Å². The smallest absolute Gasteiger partial charge is 0.0213 e. The SMILES string of the molecule is CCNCC1(c2ccccc2Br)CC2(CC2)C1. The lowest BCUT2D eigenvalue weighted by Gasteiger charge is -2.50. The molecule has 1 N–H and O–H groups in total. The van der Waals surface area contributed by atoms with Crippen molar-refractivity contribution in [2.45, 2.75) is 38.0 Å². The summed E-state index contributed by atoms with van der Waals surface area (Å²) in [6, 6.07) is 8.77. The summed E-state index contributed by atoms with van der Waals surface area (Å²) in [6.07, 6.45) is 5.70. The minimum atomic E-state index is 0.395. The summed E-state index contributed by atoms with van der Waals surface area (Å²) < 4.78 is 1.29. The zero-order chi connectivity index (χ0) is 11.9. The lowest BCUT2D eigenvalue weighted by Crippen LogP contribution is -2.49. The molecule has 2 saturated carbocycles. The van der Waals surface area contributed by atoms with Gasteiger partial charge in [0.1, 0.15) is 0 Å². The highest BCUT2D eigenvalue weighted by Gasteiger charge is 2.61.